The third kappa shape index (κ3) is 2.26. The molecule has 5 nitrogen and oxygen atoms in total. The molecule has 2 fully saturated rings. The molecule has 0 amide bonds. The Morgan fingerprint density at radius 2 is 1.95 bits per heavy atom. The molecule has 2 atom stereocenters. The molecule has 0 aliphatic carbocycles. The number of benzene rings is 1. The number of fused-ring (bicyclic) bond motifs is 2. The highest BCUT2D eigenvalue weighted by molar-refractivity contribution is 14.1. The molecule has 2 N–H and O–H groups in total. The van der Waals surface area contributed by atoms with Crippen LogP contribution in [0.1, 0.15) is 25.7 Å². The number of rotatable bonds is 2. The van der Waals surface area contributed by atoms with Gasteiger partial charge in [-0.25, -0.2) is 4.39 Å². The van der Waals surface area contributed by atoms with Gasteiger partial charge in [-0.05, 0) is 48.3 Å². The minimum absolute atomic E-state index is 0.0110. The molecule has 2 heterocycles. The first-order valence-corrected chi connectivity index (χ1v) is 7.72. The van der Waals surface area contributed by atoms with Crippen LogP contribution in [0.4, 0.5) is 15.8 Å². The summed E-state index contributed by atoms with van der Waals surface area (Å²) in [5.74, 6) is -0.402. The molecule has 2 bridgehead atoms. The van der Waals surface area contributed by atoms with E-state index in [-0.39, 0.29) is 27.4 Å². The van der Waals surface area contributed by atoms with E-state index in [0.29, 0.717) is 5.69 Å². The Labute approximate surface area is 129 Å². The first-order valence-electron chi connectivity index (χ1n) is 6.64. The Hall–Kier alpha value is -0.960. The molecule has 2 unspecified atom stereocenters. The van der Waals surface area contributed by atoms with E-state index in [9.17, 15) is 14.5 Å². The van der Waals surface area contributed by atoms with Crippen molar-refractivity contribution in [1.29, 1.82) is 0 Å². The normalized spacial score (nSPS) is 28.8. The van der Waals surface area contributed by atoms with E-state index in [2.05, 4.69) is 0 Å². The van der Waals surface area contributed by atoms with Crippen LogP contribution in [0, 0.1) is 19.5 Å². The fourth-order valence-corrected chi connectivity index (χ4v) is 3.94. The van der Waals surface area contributed by atoms with Gasteiger partial charge in [-0.1, -0.05) is 0 Å². The summed E-state index contributed by atoms with van der Waals surface area (Å²) in [6.07, 6.45) is 3.59. The number of nitro benzene ring substituents is 1. The topological polar surface area (TPSA) is 72.4 Å². The highest BCUT2D eigenvalue weighted by atomic mass is 127. The standard InChI is InChI=1S/C13H15FIN3O2/c14-10-5-12(13(18(19)20)6-11(10)15)17-8-1-2-9(17)4-7(16)3-8/h5-9H,1-4,16H2. The van der Waals surface area contributed by atoms with Gasteiger partial charge in [0.1, 0.15) is 11.5 Å². The van der Waals surface area contributed by atoms with Crippen molar-refractivity contribution in [1.82, 2.24) is 0 Å². The van der Waals surface area contributed by atoms with Gasteiger partial charge in [0, 0.05) is 30.3 Å². The molecule has 0 saturated carbocycles. The van der Waals surface area contributed by atoms with Crippen molar-refractivity contribution in [2.24, 2.45) is 5.73 Å². The van der Waals surface area contributed by atoms with Gasteiger partial charge in [0.25, 0.3) is 5.69 Å². The molecular formula is C13H15FIN3O2. The van der Waals surface area contributed by atoms with Crippen LogP contribution in [-0.4, -0.2) is 23.0 Å². The second kappa shape index (κ2) is 5.10. The Bertz CT molecular complexity index is 555. The molecule has 2 aliphatic heterocycles. The molecule has 108 valence electrons. The molecule has 0 spiro atoms. The maximum Gasteiger partial charge on any atom is 0.293 e. The second-order valence-corrected chi connectivity index (χ2v) is 6.70. The SMILES string of the molecule is NC1CC2CCC(C1)N2c1cc(F)c(I)cc1[N+](=O)[O-]. The van der Waals surface area contributed by atoms with Crippen molar-refractivity contribution in [2.75, 3.05) is 4.90 Å². The molecular weight excluding hydrogens is 376 g/mol. The summed E-state index contributed by atoms with van der Waals surface area (Å²) in [5, 5.41) is 11.3. The van der Waals surface area contributed by atoms with Gasteiger partial charge in [0.15, 0.2) is 0 Å². The van der Waals surface area contributed by atoms with Crippen molar-refractivity contribution in [2.45, 2.75) is 43.8 Å². The maximum atomic E-state index is 13.8. The quantitative estimate of drug-likeness (QED) is 0.478. The second-order valence-electron chi connectivity index (χ2n) is 5.54. The number of nitrogens with two attached hydrogens (primary N) is 1. The van der Waals surface area contributed by atoms with Crippen molar-refractivity contribution >= 4 is 34.0 Å². The fourth-order valence-electron chi connectivity index (χ4n) is 3.49. The van der Waals surface area contributed by atoms with E-state index in [1.165, 1.54) is 12.1 Å². The van der Waals surface area contributed by atoms with E-state index < -0.39 is 10.7 Å². The molecule has 1 aromatic carbocycles. The van der Waals surface area contributed by atoms with Gasteiger partial charge in [0.05, 0.1) is 8.49 Å². The van der Waals surface area contributed by atoms with Crippen molar-refractivity contribution in [3.8, 4) is 0 Å². The van der Waals surface area contributed by atoms with E-state index in [1.807, 2.05) is 4.90 Å². The van der Waals surface area contributed by atoms with Gasteiger partial charge in [-0.2, -0.15) is 0 Å². The van der Waals surface area contributed by atoms with Gasteiger partial charge in [-0.3, -0.25) is 10.1 Å². The number of nitrogens with zero attached hydrogens (tertiary/aromatic N) is 2. The fraction of sp³-hybridized carbons (Fsp3) is 0.538. The van der Waals surface area contributed by atoms with E-state index in [4.69, 9.17) is 5.73 Å². The highest BCUT2D eigenvalue weighted by Gasteiger charge is 2.42. The first-order chi connectivity index (χ1) is 9.47. The Morgan fingerprint density at radius 3 is 2.50 bits per heavy atom. The molecule has 0 aromatic heterocycles. The third-order valence-corrected chi connectivity index (χ3v) is 5.09. The number of hydrogen-bond acceptors (Lipinski definition) is 4. The lowest BCUT2D eigenvalue weighted by atomic mass is 9.97. The zero-order chi connectivity index (χ0) is 14.4. The lowest BCUT2D eigenvalue weighted by Gasteiger charge is -2.39. The number of hydrogen-bond donors (Lipinski definition) is 1. The average molecular weight is 391 g/mol. The highest BCUT2D eigenvalue weighted by Crippen LogP contribution is 2.43. The Morgan fingerprint density at radius 1 is 1.35 bits per heavy atom. The monoisotopic (exact) mass is 391 g/mol. The van der Waals surface area contributed by atoms with Crippen LogP contribution < -0.4 is 10.6 Å². The van der Waals surface area contributed by atoms with Crippen LogP contribution >= 0.6 is 22.6 Å². The number of halogens is 2. The Balaban J connectivity index is 2.06. The minimum Gasteiger partial charge on any atom is -0.360 e. The number of nitro groups is 1. The van der Waals surface area contributed by atoms with Gasteiger partial charge in [-0.15, -0.1) is 0 Å². The molecule has 0 radical (unpaired) electrons. The minimum atomic E-state index is -0.426. The van der Waals surface area contributed by atoms with Crippen molar-refractivity contribution in [3.63, 3.8) is 0 Å². The zero-order valence-electron chi connectivity index (χ0n) is 10.8. The summed E-state index contributed by atoms with van der Waals surface area (Å²) in [6, 6.07) is 3.17. The zero-order valence-corrected chi connectivity index (χ0v) is 12.9. The van der Waals surface area contributed by atoms with Crippen molar-refractivity contribution < 1.29 is 9.31 Å². The van der Waals surface area contributed by atoms with Crippen molar-refractivity contribution in [3.05, 3.63) is 31.6 Å². The molecule has 1 aromatic rings. The molecule has 7 heteroatoms. The summed E-state index contributed by atoms with van der Waals surface area (Å²) in [4.78, 5) is 12.9. The van der Waals surface area contributed by atoms with Crippen LogP contribution in [0.5, 0.6) is 0 Å². The largest absolute Gasteiger partial charge is 0.360 e. The molecule has 2 saturated heterocycles. The summed E-state index contributed by atoms with van der Waals surface area (Å²) < 4.78 is 14.1. The molecule has 20 heavy (non-hydrogen) atoms. The third-order valence-electron chi connectivity index (χ3n) is 4.26. The van der Waals surface area contributed by atoms with Gasteiger partial charge in [0.2, 0.25) is 0 Å². The smallest absolute Gasteiger partial charge is 0.293 e. The average Bonchev–Trinajstić information content (AvgIpc) is 2.64. The van der Waals surface area contributed by atoms with Gasteiger partial charge < -0.3 is 10.6 Å². The van der Waals surface area contributed by atoms with E-state index in [0.717, 1.165) is 25.7 Å². The Kier molecular flexibility index (Phi) is 3.57. The van der Waals surface area contributed by atoms with E-state index in [1.54, 1.807) is 22.6 Å². The van der Waals surface area contributed by atoms with Gasteiger partial charge >= 0.3 is 0 Å². The lowest BCUT2D eigenvalue weighted by molar-refractivity contribution is -0.384. The molecule has 3 rings (SSSR count). The summed E-state index contributed by atoms with van der Waals surface area (Å²) >= 11 is 1.78. The van der Waals surface area contributed by atoms with Crippen LogP contribution in [-0.2, 0) is 0 Å². The predicted octanol–water partition coefficient (Wildman–Crippen LogP) is 2.80. The summed E-state index contributed by atoms with van der Waals surface area (Å²) in [7, 11) is 0. The first kappa shape index (κ1) is 14.0. The number of piperidine rings is 1. The molecule has 2 aliphatic rings. The maximum absolute atomic E-state index is 13.8. The lowest BCUT2D eigenvalue weighted by Crippen LogP contribution is -2.47. The number of anilines is 1. The van der Waals surface area contributed by atoms with Crippen LogP contribution in [0.2, 0.25) is 0 Å². The summed E-state index contributed by atoms with van der Waals surface area (Å²) in [6.45, 7) is 0. The van der Waals surface area contributed by atoms with Crippen LogP contribution in [0.15, 0.2) is 12.1 Å². The predicted molar refractivity (Wildman–Crippen MR) is 82.3 cm³/mol. The summed E-state index contributed by atoms with van der Waals surface area (Å²) in [5.41, 5.74) is 6.41. The van der Waals surface area contributed by atoms with E-state index >= 15 is 0 Å². The van der Waals surface area contributed by atoms with Crippen LogP contribution in [0.3, 0.4) is 0 Å². The van der Waals surface area contributed by atoms with Crippen LogP contribution in [0.25, 0.3) is 0 Å².